The van der Waals surface area contributed by atoms with Crippen molar-refractivity contribution in [3.63, 3.8) is 0 Å². The topological polar surface area (TPSA) is 84.0 Å². The minimum absolute atomic E-state index is 0.0686. The van der Waals surface area contributed by atoms with Crippen molar-refractivity contribution in [1.29, 1.82) is 5.26 Å². The lowest BCUT2D eigenvalue weighted by molar-refractivity contribution is 0.0299. The van der Waals surface area contributed by atoms with Crippen LogP contribution in [0.25, 0.3) is 11.1 Å². The normalized spacial score (nSPS) is 13.8. The first-order chi connectivity index (χ1) is 15.0. The van der Waals surface area contributed by atoms with Crippen molar-refractivity contribution in [3.05, 3.63) is 69.8 Å². The Morgan fingerprint density at radius 3 is 2.65 bits per heavy atom. The van der Waals surface area contributed by atoms with E-state index in [4.69, 9.17) is 21.6 Å². The van der Waals surface area contributed by atoms with Crippen LogP contribution < -0.4 is 0 Å². The summed E-state index contributed by atoms with van der Waals surface area (Å²) >= 11 is 6.22. The Balaban J connectivity index is 1.54. The molecule has 3 heterocycles. The highest BCUT2D eigenvalue weighted by atomic mass is 35.5. The van der Waals surface area contributed by atoms with Crippen LogP contribution in [0.1, 0.15) is 33.0 Å². The fourth-order valence-electron chi connectivity index (χ4n) is 3.78. The monoisotopic (exact) mass is 435 g/mol. The maximum atomic E-state index is 12.6. The quantitative estimate of drug-likeness (QED) is 0.625. The van der Waals surface area contributed by atoms with Gasteiger partial charge in [-0.05, 0) is 43.2 Å². The van der Waals surface area contributed by atoms with Gasteiger partial charge < -0.3 is 9.64 Å². The van der Waals surface area contributed by atoms with Gasteiger partial charge in [-0.1, -0.05) is 23.7 Å². The van der Waals surface area contributed by atoms with Gasteiger partial charge in [0, 0.05) is 30.5 Å². The molecule has 1 amide bonds. The Kier molecular flexibility index (Phi) is 6.03. The molecule has 1 aliphatic rings. The highest BCUT2D eigenvalue weighted by Crippen LogP contribution is 2.30. The van der Waals surface area contributed by atoms with Crippen molar-refractivity contribution >= 4 is 17.5 Å². The predicted molar refractivity (Wildman–Crippen MR) is 117 cm³/mol. The van der Waals surface area contributed by atoms with Crippen LogP contribution in [0.4, 0.5) is 0 Å². The van der Waals surface area contributed by atoms with Crippen LogP contribution in [-0.2, 0) is 11.3 Å². The van der Waals surface area contributed by atoms with Crippen LogP contribution in [0.3, 0.4) is 0 Å². The molecule has 1 aliphatic heterocycles. The lowest BCUT2D eigenvalue weighted by atomic mass is 10.0. The number of rotatable bonds is 4. The number of carbonyl (C=O) groups excluding carboxylic acids is 1. The zero-order valence-corrected chi connectivity index (χ0v) is 18.2. The average Bonchev–Trinajstić information content (AvgIpc) is 3.07. The molecule has 0 spiro atoms. The number of aryl methyl sites for hydroxylation is 1. The minimum atomic E-state index is -0.0686. The molecule has 0 N–H and O–H groups in total. The molecule has 1 fully saturated rings. The fourth-order valence-corrected chi connectivity index (χ4v) is 4.00. The summed E-state index contributed by atoms with van der Waals surface area (Å²) in [6.45, 7) is 6.81. The second-order valence-electron chi connectivity index (χ2n) is 7.47. The van der Waals surface area contributed by atoms with E-state index in [1.54, 1.807) is 29.3 Å². The maximum absolute atomic E-state index is 12.6. The summed E-state index contributed by atoms with van der Waals surface area (Å²) in [5.74, 6) is -0.0686. The van der Waals surface area contributed by atoms with E-state index in [9.17, 15) is 4.79 Å². The summed E-state index contributed by atoms with van der Waals surface area (Å²) in [6, 6.07) is 11.2. The number of hydrogen-bond donors (Lipinski definition) is 0. The Hall–Kier alpha value is -3.21. The summed E-state index contributed by atoms with van der Waals surface area (Å²) in [5.41, 5.74) is 5.64. The zero-order chi connectivity index (χ0) is 22.0. The summed E-state index contributed by atoms with van der Waals surface area (Å²) in [5, 5.41) is 14.2. The van der Waals surface area contributed by atoms with Crippen molar-refractivity contribution in [2.45, 2.75) is 20.4 Å². The first-order valence-corrected chi connectivity index (χ1v) is 10.4. The summed E-state index contributed by atoms with van der Waals surface area (Å²) in [6.07, 6.45) is 1.72. The van der Waals surface area contributed by atoms with Gasteiger partial charge in [0.1, 0.15) is 11.8 Å². The smallest absolute Gasteiger partial charge is 0.272 e. The van der Waals surface area contributed by atoms with Gasteiger partial charge in [-0.3, -0.25) is 14.5 Å². The molecule has 3 aromatic rings. The first kappa shape index (κ1) is 21.0. The molecule has 0 bridgehead atoms. The molecular weight excluding hydrogens is 414 g/mol. The number of benzene rings is 1. The van der Waals surface area contributed by atoms with Crippen LogP contribution in [0.15, 0.2) is 36.5 Å². The first-order valence-electron chi connectivity index (χ1n) is 10.0. The van der Waals surface area contributed by atoms with Gasteiger partial charge in [-0.2, -0.15) is 10.4 Å². The molecule has 1 saturated heterocycles. The highest BCUT2D eigenvalue weighted by molar-refractivity contribution is 6.32. The summed E-state index contributed by atoms with van der Waals surface area (Å²) in [7, 11) is 0. The van der Waals surface area contributed by atoms with E-state index in [0.29, 0.717) is 49.1 Å². The maximum Gasteiger partial charge on any atom is 0.272 e. The summed E-state index contributed by atoms with van der Waals surface area (Å²) < 4.78 is 7.21. The number of ether oxygens (including phenoxy) is 1. The van der Waals surface area contributed by atoms with Gasteiger partial charge in [-0.25, -0.2) is 0 Å². The number of amides is 1. The Morgan fingerprint density at radius 1 is 1.23 bits per heavy atom. The Labute approximate surface area is 185 Å². The lowest BCUT2D eigenvalue weighted by Gasteiger charge is -2.26. The number of pyridine rings is 1. The van der Waals surface area contributed by atoms with Crippen molar-refractivity contribution in [1.82, 2.24) is 19.7 Å². The molecule has 0 radical (unpaired) electrons. The molecule has 0 aliphatic carbocycles. The third-order valence-corrected chi connectivity index (χ3v) is 5.75. The van der Waals surface area contributed by atoms with Crippen LogP contribution in [0.5, 0.6) is 0 Å². The van der Waals surface area contributed by atoms with Crippen molar-refractivity contribution < 1.29 is 9.53 Å². The van der Waals surface area contributed by atoms with Gasteiger partial charge >= 0.3 is 0 Å². The molecular formula is C23H22ClN5O2. The van der Waals surface area contributed by atoms with E-state index < -0.39 is 0 Å². The van der Waals surface area contributed by atoms with E-state index in [-0.39, 0.29) is 5.91 Å². The van der Waals surface area contributed by atoms with E-state index in [2.05, 4.69) is 16.2 Å². The van der Waals surface area contributed by atoms with Crippen LogP contribution in [0, 0.1) is 25.2 Å². The largest absolute Gasteiger partial charge is 0.378 e. The molecule has 31 heavy (non-hydrogen) atoms. The van der Waals surface area contributed by atoms with Crippen molar-refractivity contribution in [3.8, 4) is 17.2 Å². The third-order valence-electron chi connectivity index (χ3n) is 5.43. The number of carbonyl (C=O) groups is 1. The SMILES string of the molecule is Cc1nn(Cc2ccc(C(=O)N3CCOCC3)nc2)c(C)c1-c1ccc(C#N)c(Cl)c1. The number of hydrogen-bond acceptors (Lipinski definition) is 5. The number of aromatic nitrogens is 3. The Morgan fingerprint density at radius 2 is 2.00 bits per heavy atom. The standard InChI is InChI=1S/C23H22ClN5O2/c1-15-22(18-4-5-19(12-25)20(24)11-18)16(2)29(27-15)14-17-3-6-21(26-13-17)23(30)28-7-9-31-10-8-28/h3-6,11,13H,7-10,14H2,1-2H3. The number of nitriles is 1. The van der Waals surface area contributed by atoms with E-state index >= 15 is 0 Å². The molecule has 1 aromatic carbocycles. The summed E-state index contributed by atoms with van der Waals surface area (Å²) in [4.78, 5) is 18.7. The van der Waals surface area contributed by atoms with E-state index in [1.165, 1.54) is 0 Å². The zero-order valence-electron chi connectivity index (χ0n) is 17.4. The number of nitrogens with zero attached hydrogens (tertiary/aromatic N) is 5. The third kappa shape index (κ3) is 4.31. The highest BCUT2D eigenvalue weighted by Gasteiger charge is 2.20. The fraction of sp³-hybridized carbons (Fsp3) is 0.304. The van der Waals surface area contributed by atoms with Gasteiger partial charge in [0.2, 0.25) is 0 Å². The molecule has 7 nitrogen and oxygen atoms in total. The predicted octanol–water partition coefficient (Wildman–Crippen LogP) is 3.61. The molecule has 0 saturated carbocycles. The van der Waals surface area contributed by atoms with Gasteiger partial charge in [0.15, 0.2) is 0 Å². The minimum Gasteiger partial charge on any atom is -0.378 e. The second kappa shape index (κ2) is 8.88. The van der Waals surface area contributed by atoms with Crippen LogP contribution in [0.2, 0.25) is 5.02 Å². The molecule has 0 unspecified atom stereocenters. The van der Waals surface area contributed by atoms with E-state index in [1.807, 2.05) is 30.7 Å². The van der Waals surface area contributed by atoms with Crippen LogP contribution in [-0.4, -0.2) is 51.9 Å². The average molecular weight is 436 g/mol. The van der Waals surface area contributed by atoms with Crippen LogP contribution >= 0.6 is 11.6 Å². The molecule has 4 rings (SSSR count). The lowest BCUT2D eigenvalue weighted by Crippen LogP contribution is -2.41. The van der Waals surface area contributed by atoms with Gasteiger partial charge in [0.25, 0.3) is 5.91 Å². The molecule has 2 aromatic heterocycles. The number of morpholine rings is 1. The van der Waals surface area contributed by atoms with Gasteiger partial charge in [-0.15, -0.1) is 0 Å². The van der Waals surface area contributed by atoms with E-state index in [0.717, 1.165) is 28.1 Å². The van der Waals surface area contributed by atoms with Gasteiger partial charge in [0.05, 0.1) is 36.0 Å². The van der Waals surface area contributed by atoms with Crippen molar-refractivity contribution in [2.75, 3.05) is 26.3 Å². The molecule has 8 heteroatoms. The Bertz CT molecular complexity index is 1160. The van der Waals surface area contributed by atoms with Crippen molar-refractivity contribution in [2.24, 2.45) is 0 Å². The number of halogens is 1. The molecule has 158 valence electrons. The second-order valence-corrected chi connectivity index (χ2v) is 7.87. The molecule has 0 atom stereocenters.